The molecule has 108 valence electrons. The van der Waals surface area contributed by atoms with Gasteiger partial charge >= 0.3 is 5.97 Å². The maximum atomic E-state index is 11.1. The topological polar surface area (TPSA) is 37.3 Å². The molecule has 0 aromatic rings. The summed E-state index contributed by atoms with van der Waals surface area (Å²) in [6.45, 7) is 1.98. The van der Waals surface area contributed by atoms with Crippen LogP contribution in [0, 0.1) is 23.2 Å². The molecule has 4 saturated carbocycles. The number of hydrogen-bond acceptors (Lipinski definition) is 2. The van der Waals surface area contributed by atoms with Gasteiger partial charge in [0, 0.05) is 0 Å². The smallest absolute Gasteiger partial charge is 0.316 e. The molecule has 0 aliphatic heterocycles. The lowest BCUT2D eigenvalue weighted by Gasteiger charge is -2.57. The first kappa shape index (κ1) is 13.8. The summed E-state index contributed by atoms with van der Waals surface area (Å²) in [6.07, 6.45) is 10.9. The Labute approximate surface area is 120 Å². The van der Waals surface area contributed by atoms with E-state index in [0.717, 1.165) is 29.9 Å². The fourth-order valence-corrected chi connectivity index (χ4v) is 6.59. The average Bonchev–Trinajstić information content (AvgIpc) is 2.32. The van der Waals surface area contributed by atoms with E-state index in [9.17, 15) is 4.79 Å². The van der Waals surface area contributed by atoms with Crippen molar-refractivity contribution in [3.05, 3.63) is 0 Å². The average molecular weight is 282 g/mol. The molecule has 4 aliphatic carbocycles. The van der Waals surface area contributed by atoms with Gasteiger partial charge in [0.15, 0.2) is 0 Å². The van der Waals surface area contributed by atoms with E-state index in [1.807, 2.05) is 6.92 Å². The lowest BCUT2D eigenvalue weighted by Crippen LogP contribution is -2.46. The first-order valence-corrected chi connectivity index (χ1v) is 8.99. The van der Waals surface area contributed by atoms with Gasteiger partial charge in [-0.15, -0.1) is 11.8 Å². The summed E-state index contributed by atoms with van der Waals surface area (Å²) >= 11 is 1.68. The van der Waals surface area contributed by atoms with E-state index in [1.165, 1.54) is 44.9 Å². The molecule has 4 rings (SSSR count). The van der Waals surface area contributed by atoms with Crippen LogP contribution in [0.3, 0.4) is 0 Å². The predicted octanol–water partition coefficient (Wildman–Crippen LogP) is 4.19. The number of rotatable bonds is 6. The zero-order valence-corrected chi connectivity index (χ0v) is 12.8. The highest BCUT2D eigenvalue weighted by atomic mass is 32.2. The Morgan fingerprint density at radius 1 is 1.21 bits per heavy atom. The second-order valence-electron chi connectivity index (χ2n) is 7.27. The van der Waals surface area contributed by atoms with Gasteiger partial charge in [0.2, 0.25) is 0 Å². The molecule has 19 heavy (non-hydrogen) atoms. The molecule has 0 aromatic heterocycles. The molecule has 0 saturated heterocycles. The van der Waals surface area contributed by atoms with Crippen molar-refractivity contribution in [3.63, 3.8) is 0 Å². The highest BCUT2D eigenvalue weighted by Crippen LogP contribution is 2.61. The van der Waals surface area contributed by atoms with Crippen LogP contribution >= 0.6 is 11.8 Å². The molecule has 1 N–H and O–H groups in total. The SMILES string of the molecule is CCC(SCCC12CC3CC(CC(C3)C1)C2)C(=O)O. The van der Waals surface area contributed by atoms with Crippen LogP contribution < -0.4 is 0 Å². The van der Waals surface area contributed by atoms with E-state index in [0.29, 0.717) is 5.41 Å². The van der Waals surface area contributed by atoms with Crippen molar-refractivity contribution in [1.29, 1.82) is 0 Å². The maximum Gasteiger partial charge on any atom is 0.316 e. The number of thioether (sulfide) groups is 1. The zero-order chi connectivity index (χ0) is 13.5. The molecule has 1 unspecified atom stereocenters. The van der Waals surface area contributed by atoms with Gasteiger partial charge in [0.05, 0.1) is 0 Å². The van der Waals surface area contributed by atoms with Crippen molar-refractivity contribution >= 4 is 17.7 Å². The summed E-state index contributed by atoms with van der Waals surface area (Å²) in [5.74, 6) is 3.46. The van der Waals surface area contributed by atoms with Crippen molar-refractivity contribution in [2.45, 2.75) is 63.5 Å². The van der Waals surface area contributed by atoms with Crippen molar-refractivity contribution in [2.75, 3.05) is 5.75 Å². The fraction of sp³-hybridized carbons (Fsp3) is 0.938. The van der Waals surface area contributed by atoms with Crippen molar-refractivity contribution in [1.82, 2.24) is 0 Å². The fourth-order valence-electron chi connectivity index (χ4n) is 5.38. The van der Waals surface area contributed by atoms with Gasteiger partial charge in [-0.3, -0.25) is 4.79 Å². The third-order valence-corrected chi connectivity index (χ3v) is 7.14. The van der Waals surface area contributed by atoms with Crippen LogP contribution in [0.4, 0.5) is 0 Å². The minimum absolute atomic E-state index is 0.186. The van der Waals surface area contributed by atoms with Crippen LogP contribution in [0.25, 0.3) is 0 Å². The quantitative estimate of drug-likeness (QED) is 0.793. The third kappa shape index (κ3) is 2.81. The molecule has 0 amide bonds. The standard InChI is InChI=1S/C16H26O2S/c1-2-14(15(17)18)19-4-3-16-8-11-5-12(9-16)7-13(6-11)10-16/h11-14H,2-10H2,1H3,(H,17,18). The molecule has 0 radical (unpaired) electrons. The Hall–Kier alpha value is -0.180. The second-order valence-corrected chi connectivity index (χ2v) is 8.58. The minimum atomic E-state index is -0.627. The molecule has 0 spiro atoms. The molecule has 0 heterocycles. The molecule has 4 fully saturated rings. The summed E-state index contributed by atoms with van der Waals surface area (Å²) in [7, 11) is 0. The van der Waals surface area contributed by atoms with Crippen LogP contribution in [0.2, 0.25) is 0 Å². The van der Waals surface area contributed by atoms with E-state index in [4.69, 9.17) is 5.11 Å². The van der Waals surface area contributed by atoms with E-state index in [2.05, 4.69) is 0 Å². The Balaban J connectivity index is 1.54. The molecule has 3 heteroatoms. The zero-order valence-electron chi connectivity index (χ0n) is 11.9. The number of hydrogen-bond donors (Lipinski definition) is 1. The summed E-state index contributed by atoms with van der Waals surface area (Å²) in [5, 5.41) is 8.93. The van der Waals surface area contributed by atoms with Gasteiger partial charge in [-0.05, 0) is 80.3 Å². The van der Waals surface area contributed by atoms with Gasteiger partial charge in [0.1, 0.15) is 5.25 Å². The van der Waals surface area contributed by atoms with Crippen molar-refractivity contribution < 1.29 is 9.90 Å². The van der Waals surface area contributed by atoms with Gasteiger partial charge in [-0.1, -0.05) is 6.92 Å². The summed E-state index contributed by atoms with van der Waals surface area (Å²) < 4.78 is 0. The third-order valence-electron chi connectivity index (χ3n) is 5.76. The van der Waals surface area contributed by atoms with Crippen LogP contribution in [-0.2, 0) is 4.79 Å². The minimum Gasteiger partial charge on any atom is -0.480 e. The second kappa shape index (κ2) is 5.31. The lowest BCUT2D eigenvalue weighted by molar-refractivity contribution is -0.136. The molecule has 0 aromatic carbocycles. The van der Waals surface area contributed by atoms with Gasteiger partial charge in [-0.25, -0.2) is 0 Å². The Kier molecular flexibility index (Phi) is 3.85. The van der Waals surface area contributed by atoms with E-state index in [1.54, 1.807) is 11.8 Å². The molecule has 4 bridgehead atoms. The van der Waals surface area contributed by atoms with Crippen LogP contribution in [0.15, 0.2) is 0 Å². The summed E-state index contributed by atoms with van der Waals surface area (Å²) in [5.41, 5.74) is 0.610. The van der Waals surface area contributed by atoms with Crippen molar-refractivity contribution in [3.8, 4) is 0 Å². The molecular formula is C16H26O2S. The number of carboxylic acid groups (broad SMARTS) is 1. The largest absolute Gasteiger partial charge is 0.480 e. The molecular weight excluding hydrogens is 256 g/mol. The molecule has 4 aliphatic rings. The summed E-state index contributed by atoms with van der Waals surface area (Å²) in [6, 6.07) is 0. The Morgan fingerprint density at radius 3 is 2.16 bits per heavy atom. The van der Waals surface area contributed by atoms with Gasteiger partial charge < -0.3 is 5.11 Å². The van der Waals surface area contributed by atoms with Crippen LogP contribution in [0.5, 0.6) is 0 Å². The first-order chi connectivity index (χ1) is 9.10. The normalized spacial score (nSPS) is 41.4. The highest BCUT2D eigenvalue weighted by molar-refractivity contribution is 8.00. The van der Waals surface area contributed by atoms with Crippen molar-refractivity contribution in [2.24, 2.45) is 23.2 Å². The monoisotopic (exact) mass is 282 g/mol. The molecule has 1 atom stereocenters. The van der Waals surface area contributed by atoms with Crippen LogP contribution in [-0.4, -0.2) is 22.1 Å². The molecule has 2 nitrogen and oxygen atoms in total. The Bertz CT molecular complexity index is 317. The number of carboxylic acids is 1. The van der Waals surface area contributed by atoms with E-state index in [-0.39, 0.29) is 5.25 Å². The van der Waals surface area contributed by atoms with Crippen LogP contribution in [0.1, 0.15) is 58.3 Å². The number of aliphatic carboxylic acids is 1. The lowest BCUT2D eigenvalue weighted by atomic mass is 9.49. The Morgan fingerprint density at radius 2 is 1.74 bits per heavy atom. The van der Waals surface area contributed by atoms with E-state index >= 15 is 0 Å². The summed E-state index contributed by atoms with van der Waals surface area (Å²) in [4.78, 5) is 11.1. The van der Waals surface area contributed by atoms with E-state index < -0.39 is 5.97 Å². The first-order valence-electron chi connectivity index (χ1n) is 7.94. The predicted molar refractivity (Wildman–Crippen MR) is 79.4 cm³/mol. The van der Waals surface area contributed by atoms with Gasteiger partial charge in [-0.2, -0.15) is 0 Å². The number of carbonyl (C=O) groups is 1. The maximum absolute atomic E-state index is 11.1. The van der Waals surface area contributed by atoms with Gasteiger partial charge in [0.25, 0.3) is 0 Å². The highest BCUT2D eigenvalue weighted by Gasteiger charge is 2.50.